The topological polar surface area (TPSA) is 54.5 Å². The van der Waals surface area contributed by atoms with Crippen LogP contribution < -0.4 is 15.0 Å². The van der Waals surface area contributed by atoms with Gasteiger partial charge >= 0.3 is 0 Å². The molecule has 1 amide bonds. The zero-order chi connectivity index (χ0) is 16.8. The highest BCUT2D eigenvalue weighted by Crippen LogP contribution is 2.22. The Labute approximate surface area is 142 Å². The van der Waals surface area contributed by atoms with Crippen molar-refractivity contribution in [2.75, 3.05) is 31.6 Å². The number of pyridine rings is 1. The molecule has 0 saturated carbocycles. The molecule has 1 N–H and O–H groups in total. The minimum Gasteiger partial charge on any atom is -0.497 e. The average Bonchev–Trinajstić information content (AvgIpc) is 2.67. The summed E-state index contributed by atoms with van der Waals surface area (Å²) >= 11 is 0. The number of nitrogens with zero attached hydrogens (tertiary/aromatic N) is 2. The lowest BCUT2D eigenvalue weighted by Crippen LogP contribution is -2.38. The van der Waals surface area contributed by atoms with Gasteiger partial charge in [-0.1, -0.05) is 0 Å². The molecule has 1 aliphatic heterocycles. The van der Waals surface area contributed by atoms with E-state index in [1.807, 2.05) is 12.3 Å². The van der Waals surface area contributed by atoms with Gasteiger partial charge in [0.2, 0.25) is 0 Å². The number of methoxy groups -OCH3 is 1. The van der Waals surface area contributed by atoms with Crippen LogP contribution in [0.3, 0.4) is 0 Å². The number of aromatic nitrogens is 1. The molecule has 0 aliphatic carbocycles. The molecular weight excluding hydrogens is 302 g/mol. The lowest BCUT2D eigenvalue weighted by molar-refractivity contribution is 0.0945. The zero-order valence-corrected chi connectivity index (χ0v) is 13.9. The van der Waals surface area contributed by atoms with Crippen LogP contribution in [0.25, 0.3) is 0 Å². The first-order valence-corrected chi connectivity index (χ1v) is 8.33. The number of rotatable bonds is 5. The van der Waals surface area contributed by atoms with Crippen molar-refractivity contribution in [3.63, 3.8) is 0 Å². The molecule has 0 radical (unpaired) electrons. The lowest BCUT2D eigenvalue weighted by atomic mass is 9.96. The van der Waals surface area contributed by atoms with Crippen LogP contribution in [-0.4, -0.2) is 37.6 Å². The number of ether oxygens (including phenoxy) is 1. The highest BCUT2D eigenvalue weighted by atomic mass is 16.5. The minimum absolute atomic E-state index is 0.0210. The van der Waals surface area contributed by atoms with Crippen molar-refractivity contribution in [1.29, 1.82) is 0 Å². The van der Waals surface area contributed by atoms with E-state index in [0.29, 0.717) is 11.5 Å². The number of amides is 1. The van der Waals surface area contributed by atoms with Gasteiger partial charge in [0, 0.05) is 31.4 Å². The monoisotopic (exact) mass is 325 g/mol. The van der Waals surface area contributed by atoms with Gasteiger partial charge in [-0.15, -0.1) is 0 Å². The number of benzene rings is 1. The van der Waals surface area contributed by atoms with Crippen molar-refractivity contribution >= 4 is 11.6 Å². The summed E-state index contributed by atoms with van der Waals surface area (Å²) in [6, 6.07) is 11.3. The SMILES string of the molecule is COc1ccc(C(=O)NCC2CCN(c3cccnc3)CC2)cc1. The molecule has 5 nitrogen and oxygen atoms in total. The predicted octanol–water partition coefficient (Wildman–Crippen LogP) is 2.74. The van der Waals surface area contributed by atoms with E-state index in [2.05, 4.69) is 21.3 Å². The van der Waals surface area contributed by atoms with Crippen LogP contribution in [0, 0.1) is 5.92 Å². The Morgan fingerprint density at radius 2 is 2.00 bits per heavy atom. The van der Waals surface area contributed by atoms with E-state index >= 15 is 0 Å². The molecule has 126 valence electrons. The first kappa shape index (κ1) is 16.3. The normalized spacial score (nSPS) is 15.1. The van der Waals surface area contributed by atoms with Gasteiger partial charge in [-0.2, -0.15) is 0 Å². The molecule has 0 spiro atoms. The Hall–Kier alpha value is -2.56. The summed E-state index contributed by atoms with van der Waals surface area (Å²) in [6.07, 6.45) is 5.87. The summed E-state index contributed by atoms with van der Waals surface area (Å²) in [7, 11) is 1.62. The maximum atomic E-state index is 12.2. The van der Waals surface area contributed by atoms with E-state index in [1.54, 1.807) is 37.6 Å². The fourth-order valence-electron chi connectivity index (χ4n) is 3.02. The molecule has 24 heavy (non-hydrogen) atoms. The average molecular weight is 325 g/mol. The molecular formula is C19H23N3O2. The number of carbonyl (C=O) groups excluding carboxylic acids is 1. The fraction of sp³-hybridized carbons (Fsp3) is 0.368. The Balaban J connectivity index is 1.45. The van der Waals surface area contributed by atoms with Gasteiger partial charge in [0.05, 0.1) is 19.0 Å². The van der Waals surface area contributed by atoms with Crippen LogP contribution in [-0.2, 0) is 0 Å². The Morgan fingerprint density at radius 3 is 2.62 bits per heavy atom. The second-order valence-corrected chi connectivity index (χ2v) is 6.08. The first-order chi connectivity index (χ1) is 11.8. The molecule has 2 heterocycles. The molecule has 1 aliphatic rings. The van der Waals surface area contributed by atoms with Crippen LogP contribution in [0.15, 0.2) is 48.8 Å². The summed E-state index contributed by atoms with van der Waals surface area (Å²) in [6.45, 7) is 2.75. The standard InChI is InChI=1S/C19H23N3O2/c1-24-18-6-4-16(5-7-18)19(23)21-13-15-8-11-22(12-9-15)17-3-2-10-20-14-17/h2-7,10,14-15H,8-9,11-13H2,1H3,(H,21,23). The minimum atomic E-state index is -0.0210. The molecule has 1 fully saturated rings. The molecule has 0 unspecified atom stereocenters. The highest BCUT2D eigenvalue weighted by Gasteiger charge is 2.20. The van der Waals surface area contributed by atoms with Crippen LogP contribution in [0.2, 0.25) is 0 Å². The first-order valence-electron chi connectivity index (χ1n) is 8.33. The van der Waals surface area contributed by atoms with Crippen molar-refractivity contribution in [2.45, 2.75) is 12.8 Å². The fourth-order valence-corrected chi connectivity index (χ4v) is 3.02. The van der Waals surface area contributed by atoms with Gasteiger partial charge in [0.25, 0.3) is 5.91 Å². The van der Waals surface area contributed by atoms with Crippen LogP contribution >= 0.6 is 0 Å². The number of anilines is 1. The van der Waals surface area contributed by atoms with Gasteiger partial charge in [-0.05, 0) is 55.2 Å². The van der Waals surface area contributed by atoms with E-state index < -0.39 is 0 Å². The molecule has 1 aromatic carbocycles. The molecule has 5 heteroatoms. The summed E-state index contributed by atoms with van der Waals surface area (Å²) in [5.74, 6) is 1.27. The number of nitrogens with one attached hydrogen (secondary N) is 1. The van der Waals surface area contributed by atoms with Gasteiger partial charge < -0.3 is 15.0 Å². The second-order valence-electron chi connectivity index (χ2n) is 6.08. The quantitative estimate of drug-likeness (QED) is 0.918. The van der Waals surface area contributed by atoms with Gasteiger partial charge in [-0.3, -0.25) is 9.78 Å². The molecule has 0 atom stereocenters. The van der Waals surface area contributed by atoms with E-state index in [0.717, 1.165) is 38.2 Å². The van der Waals surface area contributed by atoms with E-state index in [4.69, 9.17) is 4.74 Å². The molecule has 3 rings (SSSR count). The summed E-state index contributed by atoms with van der Waals surface area (Å²) in [4.78, 5) is 18.7. The van der Waals surface area contributed by atoms with E-state index in [-0.39, 0.29) is 5.91 Å². The third-order valence-electron chi connectivity index (χ3n) is 4.53. The Morgan fingerprint density at radius 1 is 1.25 bits per heavy atom. The van der Waals surface area contributed by atoms with Gasteiger partial charge in [-0.25, -0.2) is 0 Å². The third-order valence-corrected chi connectivity index (χ3v) is 4.53. The van der Waals surface area contributed by atoms with Crippen molar-refractivity contribution < 1.29 is 9.53 Å². The second kappa shape index (κ2) is 7.81. The van der Waals surface area contributed by atoms with Crippen LogP contribution in [0.5, 0.6) is 5.75 Å². The van der Waals surface area contributed by atoms with E-state index in [1.165, 1.54) is 5.69 Å². The van der Waals surface area contributed by atoms with Crippen molar-refractivity contribution in [1.82, 2.24) is 10.3 Å². The van der Waals surface area contributed by atoms with E-state index in [9.17, 15) is 4.79 Å². The summed E-state index contributed by atoms with van der Waals surface area (Å²) in [5.41, 5.74) is 1.85. The number of hydrogen-bond donors (Lipinski definition) is 1. The molecule has 1 aromatic heterocycles. The number of hydrogen-bond acceptors (Lipinski definition) is 4. The summed E-state index contributed by atoms with van der Waals surface area (Å²) in [5, 5.41) is 3.05. The molecule has 0 bridgehead atoms. The molecule has 1 saturated heterocycles. The maximum Gasteiger partial charge on any atom is 0.251 e. The molecule has 2 aromatic rings. The smallest absolute Gasteiger partial charge is 0.251 e. The van der Waals surface area contributed by atoms with Gasteiger partial charge in [0.1, 0.15) is 5.75 Å². The van der Waals surface area contributed by atoms with Crippen LogP contribution in [0.4, 0.5) is 5.69 Å². The number of carbonyl (C=O) groups is 1. The van der Waals surface area contributed by atoms with Crippen molar-refractivity contribution in [2.24, 2.45) is 5.92 Å². The van der Waals surface area contributed by atoms with Crippen LogP contribution in [0.1, 0.15) is 23.2 Å². The summed E-state index contributed by atoms with van der Waals surface area (Å²) < 4.78 is 5.11. The third kappa shape index (κ3) is 4.04. The van der Waals surface area contributed by atoms with Crippen molar-refractivity contribution in [3.05, 3.63) is 54.4 Å². The maximum absolute atomic E-state index is 12.2. The Bertz CT molecular complexity index is 650. The largest absolute Gasteiger partial charge is 0.497 e. The predicted molar refractivity (Wildman–Crippen MR) is 94.5 cm³/mol. The van der Waals surface area contributed by atoms with Gasteiger partial charge in [0.15, 0.2) is 0 Å². The number of piperidine rings is 1. The zero-order valence-electron chi connectivity index (χ0n) is 13.9. The van der Waals surface area contributed by atoms with Crippen molar-refractivity contribution in [3.8, 4) is 5.75 Å². The highest BCUT2D eigenvalue weighted by molar-refractivity contribution is 5.94. The lowest BCUT2D eigenvalue weighted by Gasteiger charge is -2.33. The Kier molecular flexibility index (Phi) is 5.31.